The molecular weight excluding hydrogens is 266 g/mol. The van der Waals surface area contributed by atoms with Crippen LogP contribution in [-0.4, -0.2) is 29.7 Å². The molecular formula is C16H23N3O2. The third-order valence-corrected chi connectivity index (χ3v) is 5.12. The molecule has 0 bridgehead atoms. The number of nitrogen functional groups attached to an aromatic ring is 1. The topological polar surface area (TPSA) is 92.6 Å². The number of rotatable bonds is 2. The number of benzene rings is 1. The molecule has 5 N–H and O–H groups in total. The molecule has 1 saturated carbocycles. The third kappa shape index (κ3) is 2.46. The van der Waals surface area contributed by atoms with E-state index >= 15 is 0 Å². The van der Waals surface area contributed by atoms with Crippen LogP contribution >= 0.6 is 0 Å². The van der Waals surface area contributed by atoms with Crippen molar-refractivity contribution in [3.05, 3.63) is 23.8 Å². The number of nitrogens with zero attached hydrogens (tertiary/aromatic N) is 1. The second kappa shape index (κ2) is 5.22. The summed E-state index contributed by atoms with van der Waals surface area (Å²) in [6, 6.07) is 5.39. The minimum absolute atomic E-state index is 0.289. The molecule has 2 unspecified atom stereocenters. The average Bonchev–Trinajstić information content (AvgIpc) is 2.46. The number of fused-ring (bicyclic) bond motifs is 1. The highest BCUT2D eigenvalue weighted by Gasteiger charge is 2.43. The smallest absolute Gasteiger partial charge is 0.250 e. The quantitative estimate of drug-likeness (QED) is 0.719. The normalized spacial score (nSPS) is 29.0. The van der Waals surface area contributed by atoms with E-state index in [0.717, 1.165) is 44.5 Å². The van der Waals surface area contributed by atoms with E-state index in [2.05, 4.69) is 4.90 Å². The Morgan fingerprint density at radius 3 is 2.90 bits per heavy atom. The van der Waals surface area contributed by atoms with Crippen LogP contribution < -0.4 is 16.4 Å². The van der Waals surface area contributed by atoms with Gasteiger partial charge in [0.25, 0.3) is 5.91 Å². The summed E-state index contributed by atoms with van der Waals surface area (Å²) in [4.78, 5) is 13.6. The van der Waals surface area contributed by atoms with Crippen molar-refractivity contribution in [2.45, 2.75) is 37.7 Å². The van der Waals surface area contributed by atoms with Crippen LogP contribution in [0.15, 0.2) is 18.2 Å². The monoisotopic (exact) mass is 289 g/mol. The number of carbonyl (C=O) groups excluding carboxylic acids is 1. The fourth-order valence-corrected chi connectivity index (χ4v) is 3.83. The van der Waals surface area contributed by atoms with Crippen LogP contribution in [0.2, 0.25) is 0 Å². The van der Waals surface area contributed by atoms with Gasteiger partial charge in [-0.3, -0.25) is 4.79 Å². The van der Waals surface area contributed by atoms with Crippen LogP contribution in [0.25, 0.3) is 0 Å². The standard InChI is InChI=1S/C16H23N3O2/c17-14-12(15(18)20)5-3-6-13(14)19-9-8-16(21)7-2-1-4-11(16)10-19/h3,5-6,11,21H,1-2,4,7-10,17H2,(H2,18,20). The molecule has 5 nitrogen and oxygen atoms in total. The Kier molecular flexibility index (Phi) is 3.53. The number of primary amides is 1. The summed E-state index contributed by atoms with van der Waals surface area (Å²) < 4.78 is 0. The number of hydrogen-bond acceptors (Lipinski definition) is 4. The van der Waals surface area contributed by atoms with Gasteiger partial charge in [0, 0.05) is 19.0 Å². The Hall–Kier alpha value is -1.75. The molecule has 0 aromatic heterocycles. The molecule has 1 amide bonds. The van der Waals surface area contributed by atoms with Crippen LogP contribution in [0.3, 0.4) is 0 Å². The molecule has 5 heteroatoms. The lowest BCUT2D eigenvalue weighted by molar-refractivity contribution is -0.0612. The molecule has 21 heavy (non-hydrogen) atoms. The summed E-state index contributed by atoms with van der Waals surface area (Å²) in [5.74, 6) is -0.211. The lowest BCUT2D eigenvalue weighted by Crippen LogP contribution is -2.53. The Balaban J connectivity index is 1.86. The molecule has 1 aliphatic carbocycles. The largest absolute Gasteiger partial charge is 0.396 e. The molecule has 0 spiro atoms. The van der Waals surface area contributed by atoms with Gasteiger partial charge >= 0.3 is 0 Å². The fraction of sp³-hybridized carbons (Fsp3) is 0.562. The summed E-state index contributed by atoms with van der Waals surface area (Å²) in [6.07, 6.45) is 5.02. The molecule has 114 valence electrons. The van der Waals surface area contributed by atoms with Crippen LogP contribution in [-0.2, 0) is 0 Å². The molecule has 2 aliphatic rings. The second-order valence-corrected chi connectivity index (χ2v) is 6.34. The Morgan fingerprint density at radius 2 is 2.14 bits per heavy atom. The van der Waals surface area contributed by atoms with Gasteiger partial charge in [0.05, 0.1) is 22.5 Å². The predicted molar refractivity (Wildman–Crippen MR) is 83.1 cm³/mol. The first-order valence-electron chi connectivity index (χ1n) is 7.67. The zero-order valence-corrected chi connectivity index (χ0v) is 12.2. The maximum absolute atomic E-state index is 11.4. The average molecular weight is 289 g/mol. The van der Waals surface area contributed by atoms with Crippen molar-refractivity contribution in [2.24, 2.45) is 11.7 Å². The van der Waals surface area contributed by atoms with Gasteiger partial charge in [0.15, 0.2) is 0 Å². The first-order chi connectivity index (χ1) is 10.0. The van der Waals surface area contributed by atoms with Crippen molar-refractivity contribution in [3.63, 3.8) is 0 Å². The zero-order chi connectivity index (χ0) is 15.0. The number of anilines is 2. The van der Waals surface area contributed by atoms with E-state index in [4.69, 9.17) is 11.5 Å². The van der Waals surface area contributed by atoms with E-state index in [1.54, 1.807) is 6.07 Å². The number of hydrogen-bond donors (Lipinski definition) is 3. The van der Waals surface area contributed by atoms with Crippen molar-refractivity contribution in [3.8, 4) is 0 Å². The van der Waals surface area contributed by atoms with Crippen LogP contribution in [0, 0.1) is 5.92 Å². The van der Waals surface area contributed by atoms with Gasteiger partial charge in [-0.2, -0.15) is 0 Å². The summed E-state index contributed by atoms with van der Waals surface area (Å²) >= 11 is 0. The second-order valence-electron chi connectivity index (χ2n) is 6.34. The van der Waals surface area contributed by atoms with Gasteiger partial charge in [0.1, 0.15) is 0 Å². The number of para-hydroxylation sites is 1. The maximum Gasteiger partial charge on any atom is 0.250 e. The van der Waals surface area contributed by atoms with E-state index < -0.39 is 11.5 Å². The van der Waals surface area contributed by atoms with Crippen molar-refractivity contribution < 1.29 is 9.90 Å². The minimum Gasteiger partial charge on any atom is -0.396 e. The number of amides is 1. The lowest BCUT2D eigenvalue weighted by atomic mass is 9.71. The van der Waals surface area contributed by atoms with Gasteiger partial charge in [-0.25, -0.2) is 0 Å². The Labute approximate surface area is 124 Å². The molecule has 2 fully saturated rings. The molecule has 1 aromatic carbocycles. The Morgan fingerprint density at radius 1 is 1.33 bits per heavy atom. The van der Waals surface area contributed by atoms with Gasteiger partial charge < -0.3 is 21.5 Å². The van der Waals surface area contributed by atoms with Crippen LogP contribution in [0.5, 0.6) is 0 Å². The summed E-state index contributed by atoms with van der Waals surface area (Å²) in [5, 5.41) is 10.7. The first kappa shape index (κ1) is 14.2. The van der Waals surface area contributed by atoms with E-state index in [-0.39, 0.29) is 5.92 Å². The molecule has 3 rings (SSSR count). The van der Waals surface area contributed by atoms with Crippen LogP contribution in [0.1, 0.15) is 42.5 Å². The number of piperidine rings is 1. The highest BCUT2D eigenvalue weighted by atomic mass is 16.3. The molecule has 1 heterocycles. The van der Waals surface area contributed by atoms with E-state index in [1.807, 2.05) is 12.1 Å². The number of nitrogens with two attached hydrogens (primary N) is 2. The molecule has 2 atom stereocenters. The number of aliphatic hydroxyl groups is 1. The third-order valence-electron chi connectivity index (χ3n) is 5.12. The SMILES string of the molecule is NC(=O)c1cccc(N2CCC3(O)CCCCC3C2)c1N. The number of carbonyl (C=O) groups is 1. The zero-order valence-electron chi connectivity index (χ0n) is 12.2. The maximum atomic E-state index is 11.4. The predicted octanol–water partition coefficient (Wildman–Crippen LogP) is 1.50. The van der Waals surface area contributed by atoms with Gasteiger partial charge in [0.2, 0.25) is 0 Å². The summed E-state index contributed by atoms with van der Waals surface area (Å²) in [5.41, 5.74) is 12.6. The highest BCUT2D eigenvalue weighted by molar-refractivity contribution is 6.00. The van der Waals surface area contributed by atoms with E-state index in [1.165, 1.54) is 6.42 Å². The minimum atomic E-state index is -0.509. The van der Waals surface area contributed by atoms with Crippen molar-refractivity contribution in [2.75, 3.05) is 23.7 Å². The van der Waals surface area contributed by atoms with Crippen molar-refractivity contribution in [1.29, 1.82) is 0 Å². The van der Waals surface area contributed by atoms with Gasteiger partial charge in [-0.1, -0.05) is 18.9 Å². The van der Waals surface area contributed by atoms with Gasteiger partial charge in [-0.05, 0) is 31.4 Å². The van der Waals surface area contributed by atoms with Crippen molar-refractivity contribution >= 4 is 17.3 Å². The lowest BCUT2D eigenvalue weighted by Gasteiger charge is -2.48. The Bertz CT molecular complexity index is 560. The molecule has 1 saturated heterocycles. The molecule has 1 aliphatic heterocycles. The van der Waals surface area contributed by atoms with E-state index in [9.17, 15) is 9.90 Å². The summed E-state index contributed by atoms with van der Waals surface area (Å²) in [6.45, 7) is 1.56. The molecule has 0 radical (unpaired) electrons. The highest BCUT2D eigenvalue weighted by Crippen LogP contribution is 2.42. The van der Waals surface area contributed by atoms with Crippen LogP contribution in [0.4, 0.5) is 11.4 Å². The fourth-order valence-electron chi connectivity index (χ4n) is 3.83. The summed E-state index contributed by atoms with van der Waals surface area (Å²) in [7, 11) is 0. The molecule has 1 aromatic rings. The van der Waals surface area contributed by atoms with E-state index in [0.29, 0.717) is 11.3 Å². The van der Waals surface area contributed by atoms with Crippen molar-refractivity contribution in [1.82, 2.24) is 0 Å². The van der Waals surface area contributed by atoms with Gasteiger partial charge in [-0.15, -0.1) is 0 Å². The first-order valence-corrected chi connectivity index (χ1v) is 7.67.